The van der Waals surface area contributed by atoms with Gasteiger partial charge in [0.2, 0.25) is 5.69 Å². The molecule has 0 radical (unpaired) electrons. The van der Waals surface area contributed by atoms with Crippen LogP contribution >= 0.6 is 12.4 Å². The fourth-order valence-corrected chi connectivity index (χ4v) is 4.14. The molecule has 13 nitrogen and oxygen atoms in total. The van der Waals surface area contributed by atoms with E-state index in [9.17, 15) is 9.59 Å². The Balaban J connectivity index is -0.000000617. The van der Waals surface area contributed by atoms with E-state index in [1.807, 2.05) is 0 Å². The number of hydrogen-bond donors (Lipinski definition) is 3. The summed E-state index contributed by atoms with van der Waals surface area (Å²) in [5.41, 5.74) is 5.22. The summed E-state index contributed by atoms with van der Waals surface area (Å²) in [6.45, 7) is 15.6. The van der Waals surface area contributed by atoms with Gasteiger partial charge < -0.3 is 35.9 Å². The Hall–Kier alpha value is -2.44. The molecular formula is C23H49ClN6O7Si2. The third-order valence-corrected chi connectivity index (χ3v) is 8.18. The van der Waals surface area contributed by atoms with Crippen LogP contribution in [0, 0.1) is 0 Å². The van der Waals surface area contributed by atoms with E-state index in [1.165, 1.54) is 29.8 Å². The lowest BCUT2D eigenvalue weighted by Gasteiger charge is -2.15. The van der Waals surface area contributed by atoms with Crippen molar-refractivity contribution in [1.29, 1.82) is 0 Å². The first kappa shape index (κ1) is 41.1. The fraction of sp³-hybridized carbons (Fsp3) is 0.652. The summed E-state index contributed by atoms with van der Waals surface area (Å²) in [7, 11) is 0.710. The Morgan fingerprint density at radius 3 is 1.46 bits per heavy atom. The number of carbonyl (C=O) groups is 2. The Labute approximate surface area is 240 Å². The van der Waals surface area contributed by atoms with Gasteiger partial charge in [0.15, 0.2) is 17.2 Å². The van der Waals surface area contributed by atoms with Crippen molar-refractivity contribution < 1.29 is 33.6 Å². The van der Waals surface area contributed by atoms with E-state index in [-0.39, 0.29) is 49.9 Å². The average molecular weight is 613 g/mol. The first-order valence-electron chi connectivity index (χ1n) is 11.6. The van der Waals surface area contributed by atoms with Crippen LogP contribution in [0.3, 0.4) is 0 Å². The number of halogens is 1. The van der Waals surface area contributed by atoms with Gasteiger partial charge in [0.1, 0.15) is 13.5 Å². The molecule has 6 N–H and O–H groups in total. The summed E-state index contributed by atoms with van der Waals surface area (Å²) in [6.07, 6.45) is 3.13. The number of primary amides is 1. The Bertz CT molecular complexity index is 912. The molecule has 2 aromatic heterocycles. The van der Waals surface area contributed by atoms with Crippen LogP contribution in [-0.4, -0.2) is 80.1 Å². The SMILES string of the molecule is C.COc1cn(COCC[Si](C)(C)C)nc1C(=O)O.COc1cn(COCC[Si](C)(C)C)nc1C(N)=O.Cl.N. The topological polar surface area (TPSA) is 188 Å². The molecule has 0 saturated heterocycles. The highest BCUT2D eigenvalue weighted by molar-refractivity contribution is 6.76. The summed E-state index contributed by atoms with van der Waals surface area (Å²) in [4.78, 5) is 22.0. The van der Waals surface area contributed by atoms with Crippen LogP contribution in [-0.2, 0) is 22.9 Å². The Morgan fingerprint density at radius 2 is 1.21 bits per heavy atom. The molecule has 1 amide bonds. The fourth-order valence-electron chi connectivity index (χ4n) is 2.63. The van der Waals surface area contributed by atoms with E-state index in [2.05, 4.69) is 49.5 Å². The van der Waals surface area contributed by atoms with Crippen LogP contribution in [0.1, 0.15) is 28.4 Å². The standard InChI is InChI=1S/C11H21N3O3Si.C11H20N2O4Si.CH4.ClH.H3N/c1-16-9-7-14(13-10(9)11(12)15)8-17-5-6-18(2,3)4;1-16-9-7-13(12-10(9)11(14)15)8-17-5-6-18(2,3)4;;;/h7H,5-6,8H2,1-4H3,(H2,12,15);7H,5-6,8H2,1-4H3,(H,14,15);1H4;1H;1H3. The molecule has 0 saturated carbocycles. The lowest BCUT2D eigenvalue weighted by atomic mass is 10.4. The van der Waals surface area contributed by atoms with Gasteiger partial charge in [-0.1, -0.05) is 46.7 Å². The molecule has 2 heterocycles. The molecule has 228 valence electrons. The number of hydrogen-bond acceptors (Lipinski definition) is 9. The van der Waals surface area contributed by atoms with Crippen molar-refractivity contribution in [3.05, 3.63) is 23.8 Å². The molecule has 0 aromatic carbocycles. The van der Waals surface area contributed by atoms with Gasteiger partial charge in [0, 0.05) is 29.4 Å². The number of nitrogens with two attached hydrogens (primary N) is 1. The highest BCUT2D eigenvalue weighted by Crippen LogP contribution is 2.17. The Kier molecular flexibility index (Phi) is 19.8. The van der Waals surface area contributed by atoms with Gasteiger partial charge in [-0.3, -0.25) is 4.79 Å². The molecule has 39 heavy (non-hydrogen) atoms. The molecule has 0 aliphatic rings. The van der Waals surface area contributed by atoms with Crippen molar-refractivity contribution in [3.63, 3.8) is 0 Å². The van der Waals surface area contributed by atoms with Crippen LogP contribution in [0.2, 0.25) is 51.4 Å². The predicted molar refractivity (Wildman–Crippen MR) is 160 cm³/mol. The first-order chi connectivity index (χ1) is 16.7. The van der Waals surface area contributed by atoms with Crippen LogP contribution in [0.4, 0.5) is 0 Å². The number of carboxylic acid groups (broad SMARTS) is 1. The van der Waals surface area contributed by atoms with E-state index in [0.717, 1.165) is 12.1 Å². The van der Waals surface area contributed by atoms with Gasteiger partial charge in [0.05, 0.1) is 26.6 Å². The van der Waals surface area contributed by atoms with Gasteiger partial charge >= 0.3 is 5.97 Å². The molecule has 2 aromatic rings. The Morgan fingerprint density at radius 1 is 0.846 bits per heavy atom. The van der Waals surface area contributed by atoms with Crippen molar-refractivity contribution in [1.82, 2.24) is 25.7 Å². The van der Waals surface area contributed by atoms with Crippen LogP contribution < -0.4 is 21.4 Å². The monoisotopic (exact) mass is 612 g/mol. The summed E-state index contributed by atoms with van der Waals surface area (Å²) in [5, 5.41) is 16.8. The molecular weight excluding hydrogens is 564 g/mol. The summed E-state index contributed by atoms with van der Waals surface area (Å²) < 4.78 is 23.9. The minimum Gasteiger partial charge on any atom is -0.493 e. The third-order valence-electron chi connectivity index (χ3n) is 4.77. The highest BCUT2D eigenvalue weighted by atomic mass is 35.5. The maximum atomic E-state index is 11.1. The van der Waals surface area contributed by atoms with Crippen molar-refractivity contribution in [3.8, 4) is 11.5 Å². The smallest absolute Gasteiger partial charge is 0.360 e. The first-order valence-corrected chi connectivity index (χ1v) is 19.0. The second kappa shape index (κ2) is 18.8. The summed E-state index contributed by atoms with van der Waals surface area (Å²) in [5.74, 6) is -1.09. The molecule has 0 aliphatic heterocycles. The second-order valence-electron chi connectivity index (χ2n) is 10.5. The molecule has 0 atom stereocenters. The van der Waals surface area contributed by atoms with Gasteiger partial charge in [-0.25, -0.2) is 14.2 Å². The van der Waals surface area contributed by atoms with Gasteiger partial charge in [-0.05, 0) is 12.1 Å². The molecule has 16 heteroatoms. The maximum Gasteiger partial charge on any atom is 0.360 e. The number of rotatable bonds is 14. The molecule has 0 bridgehead atoms. The normalized spacial score (nSPS) is 10.7. The van der Waals surface area contributed by atoms with Crippen molar-refractivity contribution in [2.24, 2.45) is 5.73 Å². The molecule has 0 aliphatic carbocycles. The summed E-state index contributed by atoms with van der Waals surface area (Å²) in [6, 6.07) is 2.16. The van der Waals surface area contributed by atoms with Gasteiger partial charge in [0.25, 0.3) is 5.91 Å². The van der Waals surface area contributed by atoms with Crippen molar-refractivity contribution in [2.75, 3.05) is 27.4 Å². The van der Waals surface area contributed by atoms with E-state index < -0.39 is 28.0 Å². The molecule has 0 unspecified atom stereocenters. The van der Waals surface area contributed by atoms with Gasteiger partial charge in [-0.15, -0.1) is 12.4 Å². The second-order valence-corrected chi connectivity index (χ2v) is 21.8. The lowest BCUT2D eigenvalue weighted by Crippen LogP contribution is -2.22. The predicted octanol–water partition coefficient (Wildman–Crippen LogP) is 4.43. The number of nitrogens with zero attached hydrogens (tertiary/aromatic N) is 4. The van der Waals surface area contributed by atoms with Crippen molar-refractivity contribution in [2.45, 2.75) is 72.3 Å². The minimum absolute atomic E-state index is 0. The number of aromatic carboxylic acids is 1. The zero-order valence-electron chi connectivity index (χ0n) is 23.8. The van der Waals surface area contributed by atoms with Gasteiger partial charge in [-0.2, -0.15) is 10.2 Å². The van der Waals surface area contributed by atoms with E-state index in [0.29, 0.717) is 25.7 Å². The average Bonchev–Trinajstić information content (AvgIpc) is 3.37. The van der Waals surface area contributed by atoms with E-state index in [4.69, 9.17) is 29.8 Å². The minimum atomic E-state index is -1.10. The molecule has 0 fully saturated rings. The van der Waals surface area contributed by atoms with Crippen LogP contribution in [0.25, 0.3) is 0 Å². The lowest BCUT2D eigenvalue weighted by molar-refractivity contribution is 0.0669. The largest absolute Gasteiger partial charge is 0.493 e. The van der Waals surface area contributed by atoms with Crippen LogP contribution in [0.15, 0.2) is 12.4 Å². The molecule has 0 spiro atoms. The summed E-state index contributed by atoms with van der Waals surface area (Å²) >= 11 is 0. The number of amides is 1. The molecule has 2 rings (SSSR count). The number of methoxy groups -OCH3 is 2. The van der Waals surface area contributed by atoms with E-state index in [1.54, 1.807) is 6.20 Å². The number of aromatic nitrogens is 4. The highest BCUT2D eigenvalue weighted by Gasteiger charge is 2.17. The number of carbonyl (C=O) groups excluding carboxylic acids is 1. The zero-order valence-corrected chi connectivity index (χ0v) is 26.6. The van der Waals surface area contributed by atoms with Crippen LogP contribution in [0.5, 0.6) is 11.5 Å². The van der Waals surface area contributed by atoms with Crippen molar-refractivity contribution >= 4 is 40.4 Å². The van der Waals surface area contributed by atoms with E-state index >= 15 is 0 Å². The third kappa shape index (κ3) is 16.3. The number of carboxylic acids is 1. The number of ether oxygens (including phenoxy) is 4. The maximum absolute atomic E-state index is 11.1. The quantitative estimate of drug-likeness (QED) is 0.203. The zero-order chi connectivity index (χ0) is 27.5.